The summed E-state index contributed by atoms with van der Waals surface area (Å²) < 4.78 is 1.10. The third kappa shape index (κ3) is 2.94. The molecule has 4 heteroatoms. The van der Waals surface area contributed by atoms with Gasteiger partial charge in [0.25, 0.3) is 0 Å². The fourth-order valence-corrected chi connectivity index (χ4v) is 3.40. The van der Waals surface area contributed by atoms with Gasteiger partial charge in [-0.25, -0.2) is 4.98 Å². The van der Waals surface area contributed by atoms with Gasteiger partial charge in [-0.15, -0.1) is 0 Å². The summed E-state index contributed by atoms with van der Waals surface area (Å²) in [7, 11) is 0. The Balaban J connectivity index is 1.61. The van der Waals surface area contributed by atoms with E-state index < -0.39 is 0 Å². The van der Waals surface area contributed by atoms with E-state index in [1.807, 2.05) is 18.3 Å². The number of thiazole rings is 1. The Morgan fingerprint density at radius 1 is 0.913 bits per heavy atom. The zero-order chi connectivity index (χ0) is 15.6. The molecule has 0 aliphatic heterocycles. The fourth-order valence-electron chi connectivity index (χ4n) is 2.63. The van der Waals surface area contributed by atoms with Crippen LogP contribution in [0.4, 0.5) is 5.13 Å². The first-order valence-corrected chi connectivity index (χ1v) is 8.25. The van der Waals surface area contributed by atoms with E-state index in [-0.39, 0.29) is 0 Å². The van der Waals surface area contributed by atoms with E-state index in [0.717, 1.165) is 33.5 Å². The van der Waals surface area contributed by atoms with Crippen molar-refractivity contribution in [2.45, 2.75) is 6.42 Å². The van der Waals surface area contributed by atoms with Crippen molar-refractivity contribution in [2.24, 2.45) is 0 Å². The molecule has 112 valence electrons. The van der Waals surface area contributed by atoms with E-state index in [1.165, 1.54) is 16.9 Å². The Hall–Kier alpha value is -2.72. The Bertz CT molecular complexity index is 943. The summed E-state index contributed by atoms with van der Waals surface area (Å²) in [4.78, 5) is 8.89. The van der Waals surface area contributed by atoms with E-state index in [4.69, 9.17) is 5.73 Å². The van der Waals surface area contributed by atoms with Crippen LogP contribution in [0.1, 0.15) is 11.3 Å². The highest BCUT2D eigenvalue weighted by Gasteiger charge is 2.05. The number of nitrogens with zero attached hydrogens (tertiary/aromatic N) is 2. The van der Waals surface area contributed by atoms with Crippen molar-refractivity contribution in [1.29, 1.82) is 0 Å². The minimum Gasteiger partial charge on any atom is -0.375 e. The normalized spacial score (nSPS) is 11.0. The third-order valence-electron chi connectivity index (χ3n) is 3.79. The maximum atomic E-state index is 5.77. The molecule has 0 saturated heterocycles. The second kappa shape index (κ2) is 5.82. The van der Waals surface area contributed by atoms with Crippen molar-refractivity contribution in [3.63, 3.8) is 0 Å². The molecule has 3 nitrogen and oxygen atoms in total. The highest BCUT2D eigenvalue weighted by atomic mass is 32.1. The molecule has 2 heterocycles. The van der Waals surface area contributed by atoms with Gasteiger partial charge in [-0.1, -0.05) is 53.8 Å². The van der Waals surface area contributed by atoms with Gasteiger partial charge in [0.05, 0.1) is 10.2 Å². The van der Waals surface area contributed by atoms with E-state index >= 15 is 0 Å². The molecule has 0 unspecified atom stereocenters. The van der Waals surface area contributed by atoms with Crippen LogP contribution in [0, 0.1) is 0 Å². The number of hydrogen-bond acceptors (Lipinski definition) is 4. The molecule has 0 aliphatic rings. The first-order valence-electron chi connectivity index (χ1n) is 7.43. The highest BCUT2D eigenvalue weighted by Crippen LogP contribution is 2.29. The Morgan fingerprint density at radius 3 is 2.52 bits per heavy atom. The van der Waals surface area contributed by atoms with Gasteiger partial charge in [0, 0.05) is 23.9 Å². The van der Waals surface area contributed by atoms with Crippen LogP contribution in [0.15, 0.2) is 66.9 Å². The molecule has 2 aromatic carbocycles. The van der Waals surface area contributed by atoms with Crippen molar-refractivity contribution in [1.82, 2.24) is 9.97 Å². The van der Waals surface area contributed by atoms with Crippen LogP contribution in [0.5, 0.6) is 0 Å². The zero-order valence-corrected chi connectivity index (χ0v) is 13.3. The van der Waals surface area contributed by atoms with Gasteiger partial charge in [-0.05, 0) is 29.3 Å². The molecule has 4 rings (SSSR count). The molecule has 0 amide bonds. The molecular formula is C19H15N3S. The average Bonchev–Trinajstić information content (AvgIpc) is 2.95. The van der Waals surface area contributed by atoms with Crippen LogP contribution in [0.2, 0.25) is 0 Å². The quantitative estimate of drug-likeness (QED) is 0.604. The summed E-state index contributed by atoms with van der Waals surface area (Å²) in [6.45, 7) is 0. The van der Waals surface area contributed by atoms with E-state index in [9.17, 15) is 0 Å². The summed E-state index contributed by atoms with van der Waals surface area (Å²) in [5.41, 5.74) is 11.3. The van der Waals surface area contributed by atoms with Crippen LogP contribution in [0.3, 0.4) is 0 Å². The second-order valence-electron chi connectivity index (χ2n) is 5.44. The van der Waals surface area contributed by atoms with Crippen LogP contribution < -0.4 is 5.73 Å². The summed E-state index contributed by atoms with van der Waals surface area (Å²) in [5.74, 6) is 0. The number of fused-ring (bicyclic) bond motifs is 1. The van der Waals surface area contributed by atoms with Gasteiger partial charge in [-0.2, -0.15) is 0 Å². The molecule has 0 saturated carbocycles. The average molecular weight is 317 g/mol. The first kappa shape index (κ1) is 13.9. The maximum absolute atomic E-state index is 5.77. The molecular weight excluding hydrogens is 302 g/mol. The van der Waals surface area contributed by atoms with Crippen molar-refractivity contribution in [3.8, 4) is 11.1 Å². The molecule has 0 aliphatic carbocycles. The monoisotopic (exact) mass is 317 g/mol. The van der Waals surface area contributed by atoms with Gasteiger partial charge >= 0.3 is 0 Å². The molecule has 0 spiro atoms. The van der Waals surface area contributed by atoms with Gasteiger partial charge in [-0.3, -0.25) is 4.98 Å². The minimum absolute atomic E-state index is 0.605. The summed E-state index contributed by atoms with van der Waals surface area (Å²) >= 11 is 1.51. The molecule has 0 fully saturated rings. The fraction of sp³-hybridized carbons (Fsp3) is 0.0526. The lowest BCUT2D eigenvalue weighted by atomic mass is 10.1. The third-order valence-corrected chi connectivity index (χ3v) is 4.64. The summed E-state index contributed by atoms with van der Waals surface area (Å²) in [6.07, 6.45) is 2.79. The second-order valence-corrected chi connectivity index (χ2v) is 6.50. The van der Waals surface area contributed by atoms with E-state index in [0.29, 0.717) is 5.13 Å². The lowest BCUT2D eigenvalue weighted by Gasteiger charge is -2.04. The van der Waals surface area contributed by atoms with Crippen molar-refractivity contribution < 1.29 is 0 Å². The van der Waals surface area contributed by atoms with Crippen LogP contribution >= 0.6 is 11.3 Å². The number of pyridine rings is 1. The van der Waals surface area contributed by atoms with E-state index in [2.05, 4.69) is 58.5 Å². The number of anilines is 1. The zero-order valence-electron chi connectivity index (χ0n) is 12.4. The predicted octanol–water partition coefficient (Wildman–Crippen LogP) is 4.53. The molecule has 0 atom stereocenters. The Labute approximate surface area is 138 Å². The molecule has 23 heavy (non-hydrogen) atoms. The van der Waals surface area contributed by atoms with E-state index in [1.54, 1.807) is 0 Å². The topological polar surface area (TPSA) is 51.8 Å². The SMILES string of the molecule is Nc1nc2ccc(-c3ccc(Cc4ccccc4)nc3)cc2s1. The Kier molecular flexibility index (Phi) is 3.52. The number of aromatic nitrogens is 2. The lowest BCUT2D eigenvalue weighted by Crippen LogP contribution is -1.92. The van der Waals surface area contributed by atoms with Gasteiger partial charge < -0.3 is 5.73 Å². The molecule has 0 bridgehead atoms. The Morgan fingerprint density at radius 2 is 1.74 bits per heavy atom. The number of rotatable bonds is 3. The van der Waals surface area contributed by atoms with Crippen molar-refractivity contribution >= 4 is 26.7 Å². The van der Waals surface area contributed by atoms with Gasteiger partial charge in [0.1, 0.15) is 0 Å². The molecule has 4 aromatic rings. The van der Waals surface area contributed by atoms with Gasteiger partial charge in [0.15, 0.2) is 5.13 Å². The number of nitrogen functional groups attached to an aromatic ring is 1. The standard InChI is InChI=1S/C19H15N3S/c20-19-22-17-9-7-14(11-18(17)23-19)15-6-8-16(21-12-15)10-13-4-2-1-3-5-13/h1-9,11-12H,10H2,(H2,20,22). The number of nitrogens with two attached hydrogens (primary N) is 1. The number of benzene rings is 2. The summed E-state index contributed by atoms with van der Waals surface area (Å²) in [5, 5.41) is 0.605. The largest absolute Gasteiger partial charge is 0.375 e. The smallest absolute Gasteiger partial charge is 0.181 e. The van der Waals surface area contributed by atoms with Crippen molar-refractivity contribution in [3.05, 3.63) is 78.1 Å². The van der Waals surface area contributed by atoms with Crippen LogP contribution in [0.25, 0.3) is 21.3 Å². The first-order chi connectivity index (χ1) is 11.3. The lowest BCUT2D eigenvalue weighted by molar-refractivity contribution is 1.08. The predicted molar refractivity (Wildman–Crippen MR) is 96.5 cm³/mol. The molecule has 2 aromatic heterocycles. The van der Waals surface area contributed by atoms with Crippen LogP contribution in [-0.2, 0) is 6.42 Å². The minimum atomic E-state index is 0.605. The summed E-state index contributed by atoms with van der Waals surface area (Å²) in [6, 6.07) is 20.8. The molecule has 0 radical (unpaired) electrons. The van der Waals surface area contributed by atoms with Crippen LogP contribution in [-0.4, -0.2) is 9.97 Å². The molecule has 2 N–H and O–H groups in total. The maximum Gasteiger partial charge on any atom is 0.181 e. The highest BCUT2D eigenvalue weighted by molar-refractivity contribution is 7.22. The number of hydrogen-bond donors (Lipinski definition) is 1. The van der Waals surface area contributed by atoms with Crippen molar-refractivity contribution in [2.75, 3.05) is 5.73 Å². The van der Waals surface area contributed by atoms with Gasteiger partial charge in [0.2, 0.25) is 0 Å².